The van der Waals surface area contributed by atoms with Crippen molar-refractivity contribution in [2.75, 3.05) is 12.4 Å². The number of fused-ring (bicyclic) bond motifs is 1. The first-order valence-corrected chi connectivity index (χ1v) is 8.79. The number of methoxy groups -OCH3 is 1. The average Bonchev–Trinajstić information content (AvgIpc) is 3.08. The maximum absolute atomic E-state index is 12.7. The Hall–Kier alpha value is -2.94. The highest BCUT2D eigenvalue weighted by Crippen LogP contribution is 2.17. The van der Waals surface area contributed by atoms with Crippen LogP contribution in [0.15, 0.2) is 39.2 Å². The molecular formula is C17H18N4O4S. The Morgan fingerprint density at radius 2 is 2.12 bits per heavy atom. The van der Waals surface area contributed by atoms with Gasteiger partial charge in [-0.15, -0.1) is 0 Å². The molecule has 3 aromatic rings. The Kier molecular flexibility index (Phi) is 4.90. The van der Waals surface area contributed by atoms with Gasteiger partial charge in [0.25, 0.3) is 5.56 Å². The number of carbonyl (C=O) groups excluding carboxylic acids is 1. The summed E-state index contributed by atoms with van der Waals surface area (Å²) in [5.41, 5.74) is 0.142. The van der Waals surface area contributed by atoms with E-state index in [1.807, 2.05) is 0 Å². The second-order valence-corrected chi connectivity index (χ2v) is 6.60. The minimum Gasteiger partial charge on any atom is -0.497 e. The number of aromatic nitrogens is 3. The van der Waals surface area contributed by atoms with E-state index in [1.165, 1.54) is 11.7 Å². The molecule has 0 atom stereocenters. The predicted molar refractivity (Wildman–Crippen MR) is 100 cm³/mol. The van der Waals surface area contributed by atoms with Crippen LogP contribution in [0, 0.1) is 0 Å². The molecule has 0 saturated carbocycles. The number of carbonyl (C=O) groups is 1. The molecule has 8 nitrogen and oxygen atoms in total. The highest BCUT2D eigenvalue weighted by atomic mass is 32.1. The van der Waals surface area contributed by atoms with Crippen LogP contribution < -0.4 is 21.3 Å². The van der Waals surface area contributed by atoms with Gasteiger partial charge in [0.2, 0.25) is 5.91 Å². The van der Waals surface area contributed by atoms with E-state index in [0.29, 0.717) is 17.0 Å². The third kappa shape index (κ3) is 3.25. The first kappa shape index (κ1) is 17.9. The molecule has 136 valence electrons. The molecule has 0 unspecified atom stereocenters. The van der Waals surface area contributed by atoms with Crippen molar-refractivity contribution in [1.29, 1.82) is 0 Å². The maximum Gasteiger partial charge on any atom is 0.332 e. The molecule has 9 heteroatoms. The minimum atomic E-state index is -0.529. The Balaban J connectivity index is 1.98. The zero-order valence-corrected chi connectivity index (χ0v) is 15.4. The van der Waals surface area contributed by atoms with Crippen molar-refractivity contribution >= 4 is 34.2 Å². The van der Waals surface area contributed by atoms with Gasteiger partial charge in [-0.05, 0) is 37.5 Å². The molecular weight excluding hydrogens is 356 g/mol. The molecule has 0 aliphatic heterocycles. The monoisotopic (exact) mass is 374 g/mol. The molecule has 2 aromatic heterocycles. The van der Waals surface area contributed by atoms with Gasteiger partial charge in [0.1, 0.15) is 12.3 Å². The summed E-state index contributed by atoms with van der Waals surface area (Å²) in [4.78, 5) is 37.6. The van der Waals surface area contributed by atoms with Crippen LogP contribution in [0.4, 0.5) is 5.69 Å². The van der Waals surface area contributed by atoms with Gasteiger partial charge in [0.05, 0.1) is 12.6 Å². The maximum atomic E-state index is 12.7. The number of hydrogen-bond acceptors (Lipinski definition) is 6. The lowest BCUT2D eigenvalue weighted by molar-refractivity contribution is -0.116. The summed E-state index contributed by atoms with van der Waals surface area (Å²) in [6.45, 7) is 3.25. The third-order valence-electron chi connectivity index (χ3n) is 3.87. The van der Waals surface area contributed by atoms with Crippen LogP contribution in [0.3, 0.4) is 0 Å². The fourth-order valence-electron chi connectivity index (χ4n) is 2.66. The molecule has 0 fully saturated rings. The standard InChI is InChI=1S/C17H18N4O4S/c1-10(2)21-16(23)15-13(9-26-19-15)20(17(21)24)8-14(22)18-11-5-4-6-12(7-11)25-3/h4-7,9-10H,8H2,1-3H3,(H,18,22). The predicted octanol–water partition coefficient (Wildman–Crippen LogP) is 1.85. The average molecular weight is 374 g/mol. The summed E-state index contributed by atoms with van der Waals surface area (Å²) in [5, 5.41) is 4.33. The van der Waals surface area contributed by atoms with Crippen molar-refractivity contribution < 1.29 is 9.53 Å². The molecule has 1 aromatic carbocycles. The summed E-state index contributed by atoms with van der Waals surface area (Å²) < 4.78 is 11.6. The number of anilines is 1. The molecule has 0 spiro atoms. The Labute approximate surface area is 152 Å². The van der Waals surface area contributed by atoms with Crippen molar-refractivity contribution in [2.24, 2.45) is 0 Å². The Bertz CT molecular complexity index is 1080. The largest absolute Gasteiger partial charge is 0.497 e. The number of rotatable bonds is 5. The fraction of sp³-hybridized carbons (Fsp3) is 0.294. The number of nitrogens with zero attached hydrogens (tertiary/aromatic N) is 3. The normalized spacial score (nSPS) is 11.1. The minimum absolute atomic E-state index is 0.192. The molecule has 0 aliphatic carbocycles. The molecule has 3 rings (SSSR count). The van der Waals surface area contributed by atoms with Gasteiger partial charge >= 0.3 is 5.69 Å². The summed E-state index contributed by atoms with van der Waals surface area (Å²) >= 11 is 1.08. The van der Waals surface area contributed by atoms with Gasteiger partial charge < -0.3 is 10.1 Å². The van der Waals surface area contributed by atoms with Crippen molar-refractivity contribution in [1.82, 2.24) is 13.5 Å². The second kappa shape index (κ2) is 7.12. The SMILES string of the molecule is COc1cccc(NC(=O)Cn2c(=O)n(C(C)C)c(=O)c3nscc32)c1. The van der Waals surface area contributed by atoms with Gasteiger partial charge in [-0.1, -0.05) is 6.07 Å². The summed E-state index contributed by atoms with van der Waals surface area (Å²) in [6.07, 6.45) is 0. The van der Waals surface area contributed by atoms with Gasteiger partial charge in [-0.2, -0.15) is 4.37 Å². The van der Waals surface area contributed by atoms with Crippen LogP contribution in [0.25, 0.3) is 11.0 Å². The fourth-order valence-corrected chi connectivity index (χ4v) is 3.33. The first-order chi connectivity index (χ1) is 12.4. The lowest BCUT2D eigenvalue weighted by Gasteiger charge is -2.14. The highest BCUT2D eigenvalue weighted by Gasteiger charge is 2.18. The van der Waals surface area contributed by atoms with Crippen molar-refractivity contribution in [3.05, 3.63) is 50.5 Å². The molecule has 1 amide bonds. The van der Waals surface area contributed by atoms with E-state index in [2.05, 4.69) is 9.69 Å². The number of ether oxygens (including phenoxy) is 1. The lowest BCUT2D eigenvalue weighted by atomic mass is 10.3. The molecule has 0 radical (unpaired) electrons. The van der Waals surface area contributed by atoms with E-state index in [-0.39, 0.29) is 24.0 Å². The Morgan fingerprint density at radius 3 is 2.81 bits per heavy atom. The number of nitrogens with one attached hydrogen (secondary N) is 1. The van der Waals surface area contributed by atoms with Crippen molar-refractivity contribution in [3.63, 3.8) is 0 Å². The topological polar surface area (TPSA) is 95.2 Å². The van der Waals surface area contributed by atoms with Gasteiger partial charge in [0, 0.05) is 23.2 Å². The molecule has 2 heterocycles. The molecule has 26 heavy (non-hydrogen) atoms. The van der Waals surface area contributed by atoms with E-state index >= 15 is 0 Å². The second-order valence-electron chi connectivity index (χ2n) is 5.97. The summed E-state index contributed by atoms with van der Waals surface area (Å²) in [5.74, 6) is 0.222. The molecule has 0 saturated heterocycles. The number of benzene rings is 1. The van der Waals surface area contributed by atoms with E-state index in [1.54, 1.807) is 43.5 Å². The van der Waals surface area contributed by atoms with Crippen molar-refractivity contribution in [3.8, 4) is 5.75 Å². The van der Waals surface area contributed by atoms with Crippen LogP contribution in [-0.2, 0) is 11.3 Å². The smallest absolute Gasteiger partial charge is 0.332 e. The van der Waals surface area contributed by atoms with E-state index < -0.39 is 11.2 Å². The zero-order valence-electron chi connectivity index (χ0n) is 14.6. The van der Waals surface area contributed by atoms with E-state index in [0.717, 1.165) is 16.1 Å². The van der Waals surface area contributed by atoms with Crippen molar-refractivity contribution in [2.45, 2.75) is 26.4 Å². The van der Waals surface area contributed by atoms with Crippen LogP contribution in [0.5, 0.6) is 5.75 Å². The zero-order chi connectivity index (χ0) is 18.8. The van der Waals surface area contributed by atoms with E-state index in [9.17, 15) is 14.4 Å². The van der Waals surface area contributed by atoms with Gasteiger partial charge in [-0.3, -0.25) is 18.7 Å². The summed E-state index contributed by atoms with van der Waals surface area (Å²) in [6, 6.07) is 6.57. The van der Waals surface area contributed by atoms with E-state index in [4.69, 9.17) is 4.74 Å². The van der Waals surface area contributed by atoms with Crippen LogP contribution >= 0.6 is 11.5 Å². The van der Waals surface area contributed by atoms with Gasteiger partial charge in [0.15, 0.2) is 5.52 Å². The van der Waals surface area contributed by atoms with Crippen LogP contribution in [0.2, 0.25) is 0 Å². The lowest BCUT2D eigenvalue weighted by Crippen LogP contribution is -2.42. The first-order valence-electron chi connectivity index (χ1n) is 7.95. The number of hydrogen-bond donors (Lipinski definition) is 1. The molecule has 1 N–H and O–H groups in total. The summed E-state index contributed by atoms with van der Waals surface area (Å²) in [7, 11) is 1.54. The third-order valence-corrected chi connectivity index (χ3v) is 4.49. The van der Waals surface area contributed by atoms with Gasteiger partial charge in [-0.25, -0.2) is 4.79 Å². The highest BCUT2D eigenvalue weighted by molar-refractivity contribution is 7.04. The van der Waals surface area contributed by atoms with Crippen LogP contribution in [-0.4, -0.2) is 26.5 Å². The molecule has 0 bridgehead atoms. The quantitative estimate of drug-likeness (QED) is 0.735. The molecule has 0 aliphatic rings. The Morgan fingerprint density at radius 1 is 1.35 bits per heavy atom. The van der Waals surface area contributed by atoms with Crippen LogP contribution in [0.1, 0.15) is 19.9 Å². The number of amides is 1.